The predicted octanol–water partition coefficient (Wildman–Crippen LogP) is 1.56. The molecule has 8 heteroatoms. The summed E-state index contributed by atoms with van der Waals surface area (Å²) in [6.45, 7) is 1.68. The van der Waals surface area contributed by atoms with E-state index in [0.717, 1.165) is 0 Å². The first-order valence-electron chi connectivity index (χ1n) is 6.45. The Bertz CT molecular complexity index is 552. The smallest absolute Gasteiger partial charge is 0.247 e. The summed E-state index contributed by atoms with van der Waals surface area (Å²) in [6.07, 6.45) is 1.43. The summed E-state index contributed by atoms with van der Waals surface area (Å²) < 4.78 is 37.6. The number of ether oxygens (including phenoxy) is 1. The first-order chi connectivity index (χ1) is 9.46. The van der Waals surface area contributed by atoms with Crippen molar-refractivity contribution in [2.45, 2.75) is 30.3 Å². The summed E-state index contributed by atoms with van der Waals surface area (Å²) in [5.74, 6) is 0.582. The minimum absolute atomic E-state index is 0.0247. The molecule has 0 aromatic carbocycles. The minimum Gasteiger partial charge on any atom is -0.452 e. The molecule has 1 aromatic rings. The molecule has 1 aliphatic heterocycles. The molecule has 0 aliphatic carbocycles. The van der Waals surface area contributed by atoms with Crippen molar-refractivity contribution in [1.82, 2.24) is 9.62 Å². The predicted molar refractivity (Wildman–Crippen MR) is 78.0 cm³/mol. The number of nitrogens with one attached hydrogen (secondary N) is 1. The molecule has 1 saturated heterocycles. The molecule has 0 spiro atoms. The van der Waals surface area contributed by atoms with Gasteiger partial charge < -0.3 is 14.5 Å². The molecule has 6 nitrogen and oxygen atoms in total. The van der Waals surface area contributed by atoms with Crippen molar-refractivity contribution in [3.8, 4) is 0 Å². The summed E-state index contributed by atoms with van der Waals surface area (Å²) in [5, 5.41) is 2.93. The van der Waals surface area contributed by atoms with E-state index in [1.165, 1.54) is 4.31 Å². The molecule has 0 atom stereocenters. The van der Waals surface area contributed by atoms with Gasteiger partial charge in [0.15, 0.2) is 4.67 Å². The summed E-state index contributed by atoms with van der Waals surface area (Å²) in [6, 6.07) is 1.54. The van der Waals surface area contributed by atoms with Crippen LogP contribution in [0.1, 0.15) is 18.6 Å². The molecule has 1 N–H and O–H groups in total. The Morgan fingerprint density at radius 2 is 2.10 bits per heavy atom. The van der Waals surface area contributed by atoms with Crippen molar-refractivity contribution >= 4 is 26.0 Å². The van der Waals surface area contributed by atoms with Crippen LogP contribution in [-0.2, 0) is 21.3 Å². The Kier molecular flexibility index (Phi) is 5.25. The van der Waals surface area contributed by atoms with Gasteiger partial charge >= 0.3 is 0 Å². The van der Waals surface area contributed by atoms with Crippen molar-refractivity contribution in [2.24, 2.45) is 0 Å². The molecule has 0 saturated carbocycles. The lowest BCUT2D eigenvalue weighted by Crippen LogP contribution is -2.40. The maximum atomic E-state index is 12.6. The standard InChI is InChI=1S/C12H19BrN2O4S/c1-14-8-10-7-11(12(13)19-10)20(16,17)15(2)9-3-5-18-6-4-9/h7,9,14H,3-6,8H2,1-2H3. The van der Waals surface area contributed by atoms with Crippen LogP contribution in [0.25, 0.3) is 0 Å². The van der Waals surface area contributed by atoms with E-state index in [1.807, 2.05) is 0 Å². The van der Waals surface area contributed by atoms with Crippen LogP contribution in [0.15, 0.2) is 20.0 Å². The van der Waals surface area contributed by atoms with Crippen LogP contribution in [-0.4, -0.2) is 46.1 Å². The van der Waals surface area contributed by atoms with Crippen LogP contribution in [0, 0.1) is 0 Å². The molecule has 20 heavy (non-hydrogen) atoms. The fraction of sp³-hybridized carbons (Fsp3) is 0.667. The maximum Gasteiger partial charge on any atom is 0.247 e. The zero-order chi connectivity index (χ0) is 14.8. The molecule has 0 radical (unpaired) electrons. The summed E-state index contributed by atoms with van der Waals surface area (Å²) in [7, 11) is -0.167. The number of halogens is 1. The van der Waals surface area contributed by atoms with Crippen LogP contribution in [0.5, 0.6) is 0 Å². The van der Waals surface area contributed by atoms with Gasteiger partial charge in [0.05, 0.1) is 6.54 Å². The fourth-order valence-corrected chi connectivity index (χ4v) is 4.61. The monoisotopic (exact) mass is 366 g/mol. The highest BCUT2D eigenvalue weighted by molar-refractivity contribution is 9.10. The van der Waals surface area contributed by atoms with Gasteiger partial charge in [0.25, 0.3) is 0 Å². The number of hydrogen-bond donors (Lipinski definition) is 1. The van der Waals surface area contributed by atoms with Crippen molar-refractivity contribution in [2.75, 3.05) is 27.3 Å². The second-order valence-electron chi connectivity index (χ2n) is 4.75. The van der Waals surface area contributed by atoms with E-state index in [4.69, 9.17) is 9.15 Å². The lowest BCUT2D eigenvalue weighted by molar-refractivity contribution is 0.0632. The van der Waals surface area contributed by atoms with Crippen LogP contribution < -0.4 is 5.32 Å². The molecule has 1 aliphatic rings. The zero-order valence-corrected chi connectivity index (χ0v) is 14.0. The lowest BCUT2D eigenvalue weighted by Gasteiger charge is -2.30. The van der Waals surface area contributed by atoms with Crippen molar-refractivity contribution in [3.63, 3.8) is 0 Å². The van der Waals surface area contributed by atoms with Gasteiger partial charge in [-0.3, -0.25) is 0 Å². The van der Waals surface area contributed by atoms with Gasteiger partial charge in [-0.25, -0.2) is 8.42 Å². The lowest BCUT2D eigenvalue weighted by atomic mass is 10.1. The highest BCUT2D eigenvalue weighted by Crippen LogP contribution is 2.30. The highest BCUT2D eigenvalue weighted by Gasteiger charge is 2.32. The highest BCUT2D eigenvalue weighted by atomic mass is 79.9. The molecule has 2 rings (SSSR count). The molecule has 2 heterocycles. The first kappa shape index (κ1) is 16.0. The van der Waals surface area contributed by atoms with Gasteiger partial charge in [0.2, 0.25) is 10.0 Å². The third-order valence-electron chi connectivity index (χ3n) is 3.42. The normalized spacial score (nSPS) is 17.8. The average molecular weight is 367 g/mol. The summed E-state index contributed by atoms with van der Waals surface area (Å²) in [5.41, 5.74) is 0. The van der Waals surface area contributed by atoms with Crippen LogP contribution in [0.2, 0.25) is 0 Å². The Balaban J connectivity index is 2.24. The Morgan fingerprint density at radius 1 is 1.45 bits per heavy atom. The minimum atomic E-state index is -3.56. The Morgan fingerprint density at radius 3 is 2.70 bits per heavy atom. The number of hydrogen-bond acceptors (Lipinski definition) is 5. The number of furan rings is 1. The third-order valence-corrected chi connectivity index (χ3v) is 6.19. The van der Waals surface area contributed by atoms with E-state index < -0.39 is 10.0 Å². The summed E-state index contributed by atoms with van der Waals surface area (Å²) in [4.78, 5) is 0.178. The molecule has 0 amide bonds. The van der Waals surface area contributed by atoms with Gasteiger partial charge in [-0.15, -0.1) is 0 Å². The maximum absolute atomic E-state index is 12.6. The van der Waals surface area contributed by atoms with Gasteiger partial charge in [-0.2, -0.15) is 4.31 Å². The first-order valence-corrected chi connectivity index (χ1v) is 8.68. The molecule has 0 bridgehead atoms. The average Bonchev–Trinajstić information content (AvgIpc) is 2.81. The fourth-order valence-electron chi connectivity index (χ4n) is 2.24. The molecule has 114 valence electrons. The van der Waals surface area contributed by atoms with Crippen molar-refractivity contribution < 1.29 is 17.6 Å². The summed E-state index contributed by atoms with van der Waals surface area (Å²) >= 11 is 3.19. The van der Waals surface area contributed by atoms with Gasteiger partial charge in [0.1, 0.15) is 10.7 Å². The van der Waals surface area contributed by atoms with Crippen LogP contribution in [0.4, 0.5) is 0 Å². The molecule has 1 fully saturated rings. The number of rotatable bonds is 5. The Hall–Kier alpha value is -0.410. The molecular weight excluding hydrogens is 348 g/mol. The van der Waals surface area contributed by atoms with Gasteiger partial charge in [-0.1, -0.05) is 0 Å². The number of sulfonamides is 1. The van der Waals surface area contributed by atoms with Crippen molar-refractivity contribution in [3.05, 3.63) is 16.5 Å². The van der Waals surface area contributed by atoms with E-state index in [0.29, 0.717) is 38.4 Å². The zero-order valence-electron chi connectivity index (χ0n) is 11.6. The van der Waals surface area contributed by atoms with Crippen LogP contribution in [0.3, 0.4) is 0 Å². The second-order valence-corrected chi connectivity index (χ2v) is 7.43. The van der Waals surface area contributed by atoms with E-state index in [1.54, 1.807) is 20.2 Å². The SMILES string of the molecule is CNCc1cc(S(=O)(=O)N(C)C2CCOCC2)c(Br)o1. The topological polar surface area (TPSA) is 71.8 Å². The van der Waals surface area contributed by atoms with Gasteiger partial charge in [0, 0.05) is 32.4 Å². The van der Waals surface area contributed by atoms with E-state index in [9.17, 15) is 8.42 Å². The Labute approximate surface area is 127 Å². The van der Waals surface area contributed by atoms with Crippen LogP contribution >= 0.6 is 15.9 Å². The molecular formula is C12H19BrN2O4S. The molecule has 0 unspecified atom stereocenters. The van der Waals surface area contributed by atoms with E-state index >= 15 is 0 Å². The quantitative estimate of drug-likeness (QED) is 0.855. The van der Waals surface area contributed by atoms with Crippen molar-refractivity contribution in [1.29, 1.82) is 0 Å². The second kappa shape index (κ2) is 6.57. The number of nitrogens with zero attached hydrogens (tertiary/aromatic N) is 1. The molecule has 1 aromatic heterocycles. The van der Waals surface area contributed by atoms with E-state index in [-0.39, 0.29) is 15.6 Å². The third kappa shape index (κ3) is 3.25. The van der Waals surface area contributed by atoms with E-state index in [2.05, 4.69) is 21.2 Å². The van der Waals surface area contributed by atoms with Gasteiger partial charge in [-0.05, 0) is 35.8 Å². The largest absolute Gasteiger partial charge is 0.452 e.